The van der Waals surface area contributed by atoms with Crippen LogP contribution in [0.4, 0.5) is 5.00 Å². The summed E-state index contributed by atoms with van der Waals surface area (Å²) in [6.07, 6.45) is 2.54. The molecular weight excluding hydrogens is 426 g/mol. The van der Waals surface area contributed by atoms with Crippen molar-refractivity contribution in [3.63, 3.8) is 0 Å². The van der Waals surface area contributed by atoms with Crippen LogP contribution in [-0.4, -0.2) is 29.6 Å². The van der Waals surface area contributed by atoms with Gasteiger partial charge in [0, 0.05) is 10.4 Å². The molecule has 1 amide bonds. The van der Waals surface area contributed by atoms with Crippen molar-refractivity contribution in [2.45, 2.75) is 47.0 Å². The van der Waals surface area contributed by atoms with Crippen LogP contribution in [0.5, 0.6) is 0 Å². The fraction of sp³-hybridized carbons (Fsp3) is 0.480. The first-order valence-electron chi connectivity index (χ1n) is 11.1. The van der Waals surface area contributed by atoms with Gasteiger partial charge >= 0.3 is 11.9 Å². The first-order chi connectivity index (χ1) is 15.2. The maximum atomic E-state index is 13.3. The van der Waals surface area contributed by atoms with Gasteiger partial charge in [0.1, 0.15) is 10.6 Å². The van der Waals surface area contributed by atoms with E-state index in [1.807, 2.05) is 39.0 Å². The summed E-state index contributed by atoms with van der Waals surface area (Å²) in [6.45, 7) is 7.95. The Hall–Kier alpha value is -2.67. The molecule has 4 atom stereocenters. The van der Waals surface area contributed by atoms with E-state index in [0.717, 1.165) is 46.4 Å². The number of carbonyl (C=O) groups excluding carboxylic acids is 2. The second-order valence-electron chi connectivity index (χ2n) is 8.97. The normalized spacial score (nSPS) is 23.9. The number of fused-ring (bicyclic) bond motifs is 2. The molecule has 2 N–H and O–H groups in total. The highest BCUT2D eigenvalue weighted by molar-refractivity contribution is 7.17. The van der Waals surface area contributed by atoms with Gasteiger partial charge in [-0.25, -0.2) is 4.79 Å². The number of ether oxygens (including phenoxy) is 1. The van der Waals surface area contributed by atoms with E-state index in [-0.39, 0.29) is 24.3 Å². The zero-order valence-corrected chi connectivity index (χ0v) is 19.7. The first kappa shape index (κ1) is 22.5. The molecule has 32 heavy (non-hydrogen) atoms. The highest BCUT2D eigenvalue weighted by atomic mass is 32.1. The number of nitrogens with one attached hydrogen (secondary N) is 1. The summed E-state index contributed by atoms with van der Waals surface area (Å²) >= 11 is 1.34. The fourth-order valence-corrected chi connectivity index (χ4v) is 6.56. The molecule has 2 aliphatic carbocycles. The Kier molecular flexibility index (Phi) is 6.12. The molecule has 0 unspecified atom stereocenters. The van der Waals surface area contributed by atoms with Crippen molar-refractivity contribution in [3.8, 4) is 11.1 Å². The lowest BCUT2D eigenvalue weighted by Gasteiger charge is -2.27. The summed E-state index contributed by atoms with van der Waals surface area (Å²) in [6, 6.07) is 6.03. The monoisotopic (exact) mass is 455 g/mol. The van der Waals surface area contributed by atoms with Crippen LogP contribution in [0.25, 0.3) is 11.1 Å². The molecular formula is C25H29NO5S. The van der Waals surface area contributed by atoms with Gasteiger partial charge < -0.3 is 15.2 Å². The highest BCUT2D eigenvalue weighted by Crippen LogP contribution is 2.53. The highest BCUT2D eigenvalue weighted by Gasteiger charge is 2.54. The summed E-state index contributed by atoms with van der Waals surface area (Å²) in [5.74, 6) is -2.75. The van der Waals surface area contributed by atoms with Crippen LogP contribution < -0.4 is 5.32 Å². The van der Waals surface area contributed by atoms with Gasteiger partial charge in [-0.05, 0) is 75.5 Å². The number of rotatable bonds is 6. The maximum absolute atomic E-state index is 13.3. The molecule has 2 aromatic rings. The molecule has 0 spiro atoms. The number of carbonyl (C=O) groups is 3. The number of hydrogen-bond donors (Lipinski definition) is 2. The molecule has 2 bridgehead atoms. The summed E-state index contributed by atoms with van der Waals surface area (Å²) in [5, 5.41) is 13.1. The number of esters is 1. The molecule has 7 heteroatoms. The van der Waals surface area contributed by atoms with Crippen LogP contribution in [0, 0.1) is 44.4 Å². The number of benzene rings is 1. The Balaban J connectivity index is 1.72. The zero-order valence-electron chi connectivity index (χ0n) is 18.9. The lowest BCUT2D eigenvalue weighted by Crippen LogP contribution is -2.37. The van der Waals surface area contributed by atoms with Gasteiger partial charge in [0.2, 0.25) is 5.91 Å². The minimum absolute atomic E-state index is 0.0638. The molecule has 2 fully saturated rings. The van der Waals surface area contributed by atoms with E-state index in [0.29, 0.717) is 10.6 Å². The van der Waals surface area contributed by atoms with Crippen LogP contribution in [0.1, 0.15) is 52.5 Å². The van der Waals surface area contributed by atoms with Crippen LogP contribution >= 0.6 is 11.3 Å². The molecule has 0 aliphatic heterocycles. The number of amides is 1. The molecule has 2 aliphatic rings. The first-order valence-corrected chi connectivity index (χ1v) is 12.0. The van der Waals surface area contributed by atoms with Gasteiger partial charge in [0.25, 0.3) is 0 Å². The number of carboxylic acids is 1. The van der Waals surface area contributed by atoms with Crippen molar-refractivity contribution in [1.29, 1.82) is 0 Å². The Labute approximate surface area is 192 Å². The van der Waals surface area contributed by atoms with E-state index in [9.17, 15) is 19.5 Å². The second kappa shape index (κ2) is 8.70. The number of hydrogen-bond acceptors (Lipinski definition) is 5. The van der Waals surface area contributed by atoms with Crippen molar-refractivity contribution in [2.75, 3.05) is 11.9 Å². The number of anilines is 1. The third-order valence-electron chi connectivity index (χ3n) is 7.10. The van der Waals surface area contributed by atoms with E-state index >= 15 is 0 Å². The molecule has 170 valence electrons. The topological polar surface area (TPSA) is 92.7 Å². The minimum Gasteiger partial charge on any atom is -0.481 e. The molecule has 4 rings (SSSR count). The molecule has 1 aromatic carbocycles. The van der Waals surface area contributed by atoms with E-state index in [2.05, 4.69) is 5.32 Å². The smallest absolute Gasteiger partial charge is 0.341 e. The van der Waals surface area contributed by atoms with Gasteiger partial charge in [-0.15, -0.1) is 11.3 Å². The van der Waals surface area contributed by atoms with Gasteiger partial charge in [-0.3, -0.25) is 9.59 Å². The molecule has 6 nitrogen and oxygen atoms in total. The maximum Gasteiger partial charge on any atom is 0.341 e. The average molecular weight is 456 g/mol. The van der Waals surface area contributed by atoms with Crippen LogP contribution in [0.2, 0.25) is 0 Å². The predicted molar refractivity (Wildman–Crippen MR) is 124 cm³/mol. The zero-order chi connectivity index (χ0) is 23.2. The predicted octanol–water partition coefficient (Wildman–Crippen LogP) is 5.20. The largest absolute Gasteiger partial charge is 0.481 e. The number of aliphatic carboxylic acids is 1. The Morgan fingerprint density at radius 3 is 2.41 bits per heavy atom. The number of thiophene rings is 1. The van der Waals surface area contributed by atoms with Crippen LogP contribution in [0.15, 0.2) is 18.2 Å². The fourth-order valence-electron chi connectivity index (χ4n) is 5.49. The summed E-state index contributed by atoms with van der Waals surface area (Å²) in [4.78, 5) is 39.0. The van der Waals surface area contributed by atoms with E-state index in [1.54, 1.807) is 6.92 Å². The Morgan fingerprint density at radius 1 is 1.09 bits per heavy atom. The van der Waals surface area contributed by atoms with Gasteiger partial charge in [0.05, 0.1) is 18.4 Å². The lowest BCUT2D eigenvalue weighted by atomic mass is 9.78. The van der Waals surface area contributed by atoms with E-state index in [1.165, 1.54) is 11.3 Å². The minimum atomic E-state index is -0.902. The molecule has 1 heterocycles. The molecule has 0 saturated heterocycles. The van der Waals surface area contributed by atoms with E-state index in [4.69, 9.17) is 4.74 Å². The molecule has 2 saturated carbocycles. The van der Waals surface area contributed by atoms with Crippen molar-refractivity contribution in [2.24, 2.45) is 23.7 Å². The van der Waals surface area contributed by atoms with Gasteiger partial charge in [-0.1, -0.05) is 18.2 Å². The number of aryl methyl sites for hydroxylation is 3. The van der Waals surface area contributed by atoms with Crippen LogP contribution in [0.3, 0.4) is 0 Å². The van der Waals surface area contributed by atoms with Crippen molar-refractivity contribution < 1.29 is 24.2 Å². The molecule has 1 aromatic heterocycles. The summed E-state index contributed by atoms with van der Waals surface area (Å²) < 4.78 is 5.34. The van der Waals surface area contributed by atoms with Gasteiger partial charge in [0.15, 0.2) is 0 Å². The van der Waals surface area contributed by atoms with Crippen molar-refractivity contribution >= 4 is 34.2 Å². The standard InChI is InChI=1S/C25H29NO5S/c1-5-31-25(30)21-18(15-7-6-12(2)13(3)10-15)14(4)32-23(21)26-22(27)19-16-8-9-17(11-16)20(19)24(28)29/h6-7,10,16-17,19-20H,5,8-9,11H2,1-4H3,(H,26,27)(H,28,29)/t16-,17-,19-,20+/m0/s1. The Bertz CT molecular complexity index is 1090. The second-order valence-corrected chi connectivity index (χ2v) is 10.2. The summed E-state index contributed by atoms with van der Waals surface area (Å²) in [7, 11) is 0. The third kappa shape index (κ3) is 3.83. The van der Waals surface area contributed by atoms with Crippen molar-refractivity contribution in [3.05, 3.63) is 39.8 Å². The average Bonchev–Trinajstić information content (AvgIpc) is 3.43. The van der Waals surface area contributed by atoms with E-state index < -0.39 is 23.8 Å². The number of carboxylic acid groups (broad SMARTS) is 1. The van der Waals surface area contributed by atoms with Gasteiger partial charge in [-0.2, -0.15) is 0 Å². The van der Waals surface area contributed by atoms with Crippen LogP contribution in [-0.2, 0) is 14.3 Å². The SMILES string of the molecule is CCOC(=O)c1c(NC(=O)[C@H]2[C@H]3CC[C@@H](C3)[C@H]2C(=O)O)sc(C)c1-c1ccc(C)c(C)c1. The molecule has 0 radical (unpaired) electrons. The Morgan fingerprint density at radius 2 is 1.78 bits per heavy atom. The summed E-state index contributed by atoms with van der Waals surface area (Å²) in [5.41, 5.74) is 4.27. The lowest BCUT2D eigenvalue weighted by molar-refractivity contribution is -0.148. The quantitative estimate of drug-likeness (QED) is 0.584. The third-order valence-corrected chi connectivity index (χ3v) is 8.12. The van der Waals surface area contributed by atoms with Crippen molar-refractivity contribution in [1.82, 2.24) is 0 Å².